The predicted molar refractivity (Wildman–Crippen MR) is 106 cm³/mol. The van der Waals surface area contributed by atoms with Crippen LogP contribution in [0.5, 0.6) is 0 Å². The topological polar surface area (TPSA) is 24.1 Å². The van der Waals surface area contributed by atoms with Crippen molar-refractivity contribution in [3.8, 4) is 0 Å². The first kappa shape index (κ1) is 16.7. The van der Waals surface area contributed by atoms with Crippen LogP contribution in [0.3, 0.4) is 0 Å². The van der Waals surface area contributed by atoms with E-state index in [2.05, 4.69) is 9.96 Å². The van der Waals surface area contributed by atoms with Crippen LogP contribution in [0.4, 0.5) is 0 Å². The Labute approximate surface area is 162 Å². The van der Waals surface area contributed by atoms with Crippen LogP contribution in [0.2, 0.25) is 0 Å². The van der Waals surface area contributed by atoms with Crippen LogP contribution < -0.4 is 9.96 Å². The summed E-state index contributed by atoms with van der Waals surface area (Å²) in [5.74, 6) is 5.65. The first-order valence-electron chi connectivity index (χ1n) is 10.8. The molecule has 0 aromatic rings. The molecule has 8 aliphatic carbocycles. The molecule has 0 amide bonds. The molecule has 2 nitrogen and oxygen atoms in total. The van der Waals surface area contributed by atoms with Gasteiger partial charge in [0.05, 0.1) is 0 Å². The number of hydrogen-bond acceptors (Lipinski definition) is 2. The highest BCUT2D eigenvalue weighted by molar-refractivity contribution is 7.43. The molecule has 0 unspecified atom stereocenters. The molecule has 0 aromatic heterocycles. The van der Waals surface area contributed by atoms with E-state index in [9.17, 15) is 0 Å². The summed E-state index contributed by atoms with van der Waals surface area (Å²) in [6, 6.07) is 0. The van der Waals surface area contributed by atoms with Crippen LogP contribution in [0.15, 0.2) is 0 Å². The van der Waals surface area contributed by atoms with E-state index in [0.717, 1.165) is 35.5 Å². The fourth-order valence-electron chi connectivity index (χ4n) is 9.22. The smallest absolute Gasteiger partial charge is 0.296 e. The van der Waals surface area contributed by atoms with E-state index in [-0.39, 0.29) is 11.1 Å². The SMILES string of the molecule is Cl[Si](Cl)(NC12CC3CC(CC(C3)C1)C2)NC12CC3CC(CC(C3)C1)C2. The van der Waals surface area contributed by atoms with Gasteiger partial charge in [0.2, 0.25) is 0 Å². The van der Waals surface area contributed by atoms with Crippen LogP contribution in [0, 0.1) is 35.5 Å². The van der Waals surface area contributed by atoms with E-state index in [1.54, 1.807) is 0 Å². The van der Waals surface area contributed by atoms with E-state index in [4.69, 9.17) is 22.2 Å². The average Bonchev–Trinajstić information content (AvgIpc) is 2.40. The first-order valence-corrected chi connectivity index (χ1v) is 14.9. The van der Waals surface area contributed by atoms with Crippen LogP contribution in [-0.4, -0.2) is 18.1 Å². The fraction of sp³-hybridized carbons (Fsp3) is 1.00. The van der Waals surface area contributed by atoms with Gasteiger partial charge in [0, 0.05) is 11.1 Å². The normalized spacial score (nSPS) is 55.9. The first-order chi connectivity index (χ1) is 11.9. The second-order valence-corrected chi connectivity index (χ2v) is 16.9. The van der Waals surface area contributed by atoms with Crippen molar-refractivity contribution in [3.05, 3.63) is 0 Å². The summed E-state index contributed by atoms with van der Waals surface area (Å²) < 4.78 is 0. The van der Waals surface area contributed by atoms with Crippen LogP contribution >= 0.6 is 22.2 Å². The summed E-state index contributed by atoms with van der Waals surface area (Å²) >= 11 is 14.2. The Bertz CT molecular complexity index is 459. The van der Waals surface area contributed by atoms with Gasteiger partial charge in [-0.25, -0.2) is 0 Å². The minimum Gasteiger partial charge on any atom is -0.296 e. The highest BCUT2D eigenvalue weighted by Crippen LogP contribution is 2.58. The van der Waals surface area contributed by atoms with Crippen molar-refractivity contribution in [1.82, 2.24) is 9.96 Å². The van der Waals surface area contributed by atoms with Crippen molar-refractivity contribution in [3.63, 3.8) is 0 Å². The monoisotopic (exact) mass is 398 g/mol. The summed E-state index contributed by atoms with van der Waals surface area (Å²) in [5, 5.41) is 0. The second-order valence-electron chi connectivity index (χ2n) is 11.2. The van der Waals surface area contributed by atoms with E-state index in [1.807, 2.05) is 0 Å². The van der Waals surface area contributed by atoms with Crippen LogP contribution in [0.25, 0.3) is 0 Å². The van der Waals surface area contributed by atoms with Crippen molar-refractivity contribution in [2.24, 2.45) is 35.5 Å². The lowest BCUT2D eigenvalue weighted by Crippen LogP contribution is -2.73. The second kappa shape index (κ2) is 5.41. The van der Waals surface area contributed by atoms with Crippen LogP contribution in [-0.2, 0) is 0 Å². The maximum atomic E-state index is 7.09. The highest BCUT2D eigenvalue weighted by atomic mass is 35.7. The lowest BCUT2D eigenvalue weighted by Gasteiger charge is -2.60. The summed E-state index contributed by atoms with van der Waals surface area (Å²) in [6.45, 7) is 0. The predicted octanol–water partition coefficient (Wildman–Crippen LogP) is 5.02. The Hall–Kier alpha value is 0.717. The quantitative estimate of drug-likeness (QED) is 0.513. The zero-order valence-corrected chi connectivity index (χ0v) is 17.7. The molecule has 8 bridgehead atoms. The Balaban J connectivity index is 1.21. The maximum Gasteiger partial charge on any atom is 0.404 e. The lowest BCUT2D eigenvalue weighted by atomic mass is 9.53. The van der Waals surface area contributed by atoms with E-state index < -0.39 is 7.02 Å². The van der Waals surface area contributed by atoms with Gasteiger partial charge >= 0.3 is 7.02 Å². The largest absolute Gasteiger partial charge is 0.404 e. The standard InChI is InChI=1S/C20H32Cl2N2Si/c21-25(22,23-19-7-13-1-14(8-19)3-15(2-13)9-19)24-20-10-16-4-17(11-20)6-18(5-16)12-20/h13-18,23-24H,1-12H2. The van der Waals surface area contributed by atoms with E-state index in [1.165, 1.54) is 77.0 Å². The Morgan fingerprint density at radius 3 is 1.00 bits per heavy atom. The molecule has 5 heteroatoms. The zero-order valence-electron chi connectivity index (χ0n) is 15.2. The minimum absolute atomic E-state index is 0.264. The van der Waals surface area contributed by atoms with Crippen molar-refractivity contribution in [2.45, 2.75) is 88.1 Å². The molecule has 2 N–H and O–H groups in total. The Kier molecular flexibility index (Phi) is 3.60. The Morgan fingerprint density at radius 2 is 0.760 bits per heavy atom. The van der Waals surface area contributed by atoms with Crippen molar-refractivity contribution in [1.29, 1.82) is 0 Å². The molecule has 0 heterocycles. The van der Waals surface area contributed by atoms with Gasteiger partial charge in [0.1, 0.15) is 0 Å². The molecule has 0 spiro atoms. The molecular weight excluding hydrogens is 367 g/mol. The molecule has 0 aromatic carbocycles. The molecule has 0 saturated heterocycles. The molecule has 0 atom stereocenters. The van der Waals surface area contributed by atoms with Crippen LogP contribution in [0.1, 0.15) is 77.0 Å². The number of rotatable bonds is 4. The van der Waals surface area contributed by atoms with E-state index in [0.29, 0.717) is 0 Å². The maximum absolute atomic E-state index is 7.09. The molecule has 0 aliphatic heterocycles. The van der Waals surface area contributed by atoms with Gasteiger partial charge in [-0.05, 0) is 113 Å². The molecule has 8 saturated carbocycles. The summed E-state index contributed by atoms with van der Waals surface area (Å²) in [5.41, 5.74) is 0.527. The van der Waals surface area contributed by atoms with Gasteiger partial charge in [-0.2, -0.15) is 0 Å². The van der Waals surface area contributed by atoms with Crippen molar-refractivity contribution >= 4 is 29.2 Å². The zero-order chi connectivity index (χ0) is 16.9. The highest BCUT2D eigenvalue weighted by Gasteiger charge is 2.57. The number of nitrogens with one attached hydrogen (secondary N) is 2. The summed E-state index contributed by atoms with van der Waals surface area (Å²) in [6.07, 6.45) is 16.8. The molecule has 25 heavy (non-hydrogen) atoms. The van der Waals surface area contributed by atoms with Gasteiger partial charge in [0.25, 0.3) is 0 Å². The molecule has 140 valence electrons. The van der Waals surface area contributed by atoms with Crippen molar-refractivity contribution < 1.29 is 0 Å². The average molecular weight is 399 g/mol. The van der Waals surface area contributed by atoms with Gasteiger partial charge in [-0.15, -0.1) is 22.2 Å². The molecule has 8 rings (SSSR count). The molecule has 8 fully saturated rings. The Morgan fingerprint density at radius 1 is 0.520 bits per heavy atom. The molecular formula is C20H32Cl2N2Si. The minimum atomic E-state index is -2.63. The van der Waals surface area contributed by atoms with Gasteiger partial charge in [-0.1, -0.05) is 0 Å². The van der Waals surface area contributed by atoms with Crippen molar-refractivity contribution in [2.75, 3.05) is 0 Å². The van der Waals surface area contributed by atoms with E-state index >= 15 is 0 Å². The fourth-order valence-corrected chi connectivity index (χ4v) is 13.6. The molecule has 8 aliphatic rings. The summed E-state index contributed by atoms with van der Waals surface area (Å²) in [7, 11) is -2.63. The summed E-state index contributed by atoms with van der Waals surface area (Å²) in [4.78, 5) is 7.87. The third-order valence-electron chi connectivity index (χ3n) is 8.92. The van der Waals surface area contributed by atoms with Gasteiger partial charge in [-0.3, -0.25) is 9.96 Å². The van der Waals surface area contributed by atoms with Gasteiger partial charge in [0.15, 0.2) is 0 Å². The third-order valence-corrected chi connectivity index (χ3v) is 11.7. The third kappa shape index (κ3) is 2.87. The lowest BCUT2D eigenvalue weighted by molar-refractivity contribution is -0.0159. The number of halogens is 2. The van der Waals surface area contributed by atoms with Gasteiger partial charge < -0.3 is 0 Å². The molecule has 0 radical (unpaired) electrons. The number of hydrogen-bond donors (Lipinski definition) is 2.